The van der Waals surface area contributed by atoms with E-state index in [1.165, 1.54) is 25.7 Å². The number of allylic oxidation sites excluding steroid dienone is 2. The van der Waals surface area contributed by atoms with E-state index in [1.807, 2.05) is 6.92 Å². The summed E-state index contributed by atoms with van der Waals surface area (Å²) in [5.41, 5.74) is 3.83. The minimum absolute atomic E-state index is 0.189. The van der Waals surface area contributed by atoms with E-state index in [1.54, 1.807) is 13.4 Å². The lowest BCUT2D eigenvalue weighted by molar-refractivity contribution is -0.114. The van der Waals surface area contributed by atoms with E-state index >= 15 is 0 Å². The molecule has 2 heterocycles. The molecule has 0 spiro atoms. The molecule has 0 saturated heterocycles. The number of amides is 1. The highest BCUT2D eigenvalue weighted by Gasteiger charge is 2.30. The number of hydrogen-bond acceptors (Lipinski definition) is 5. The number of rotatable bonds is 9. The molecule has 0 aromatic carbocycles. The van der Waals surface area contributed by atoms with Gasteiger partial charge in [0, 0.05) is 36.8 Å². The van der Waals surface area contributed by atoms with Crippen LogP contribution in [0.15, 0.2) is 23.5 Å². The summed E-state index contributed by atoms with van der Waals surface area (Å²) >= 11 is 0. The molecule has 0 bridgehead atoms. The van der Waals surface area contributed by atoms with Gasteiger partial charge in [0.2, 0.25) is 0 Å². The number of carbonyl (C=O) groups excluding carboxylic acids is 1. The number of hydrogen-bond donors (Lipinski definition) is 1. The van der Waals surface area contributed by atoms with Gasteiger partial charge in [-0.05, 0) is 43.9 Å². The average Bonchev–Trinajstić information content (AvgIpc) is 3.27. The third-order valence-corrected chi connectivity index (χ3v) is 6.97. The van der Waals surface area contributed by atoms with Crippen LogP contribution in [0.1, 0.15) is 81.7 Å². The van der Waals surface area contributed by atoms with Gasteiger partial charge in [-0.25, -0.2) is 9.97 Å². The van der Waals surface area contributed by atoms with Crippen LogP contribution < -0.4 is 5.32 Å². The van der Waals surface area contributed by atoms with E-state index in [9.17, 15) is 10.1 Å². The highest BCUT2D eigenvalue weighted by molar-refractivity contribution is 6.55. The van der Waals surface area contributed by atoms with Crippen LogP contribution in [0.2, 0.25) is 0 Å². The van der Waals surface area contributed by atoms with Crippen LogP contribution in [0.5, 0.6) is 0 Å². The van der Waals surface area contributed by atoms with Crippen LogP contribution in [0.4, 0.5) is 0 Å². The van der Waals surface area contributed by atoms with Gasteiger partial charge in [0.1, 0.15) is 12.0 Å². The Morgan fingerprint density at radius 2 is 2.09 bits per heavy atom. The lowest BCUT2D eigenvalue weighted by Crippen LogP contribution is -2.29. The van der Waals surface area contributed by atoms with Crippen molar-refractivity contribution in [2.24, 2.45) is 22.7 Å². The molecule has 176 valence electrons. The summed E-state index contributed by atoms with van der Waals surface area (Å²) < 4.78 is 0. The lowest BCUT2D eigenvalue weighted by Gasteiger charge is -2.24. The Morgan fingerprint density at radius 1 is 1.30 bits per heavy atom. The number of nitriles is 1. The van der Waals surface area contributed by atoms with Crippen molar-refractivity contribution in [3.63, 3.8) is 0 Å². The van der Waals surface area contributed by atoms with Gasteiger partial charge < -0.3 is 5.32 Å². The minimum atomic E-state index is -0.189. The summed E-state index contributed by atoms with van der Waals surface area (Å²) in [4.78, 5) is 26.6. The summed E-state index contributed by atoms with van der Waals surface area (Å²) in [6.07, 6.45) is 17.5. The van der Waals surface area contributed by atoms with Gasteiger partial charge in [-0.3, -0.25) is 9.79 Å². The molecular weight excluding hydrogens is 410 g/mol. The largest absolute Gasteiger partial charge is 0.354 e. The summed E-state index contributed by atoms with van der Waals surface area (Å²) in [7, 11) is 1.64. The van der Waals surface area contributed by atoms with Crippen molar-refractivity contribution in [3.05, 3.63) is 35.4 Å². The fourth-order valence-corrected chi connectivity index (χ4v) is 5.16. The second-order valence-corrected chi connectivity index (χ2v) is 9.25. The Labute approximate surface area is 198 Å². The second kappa shape index (κ2) is 12.4. The van der Waals surface area contributed by atoms with Crippen LogP contribution in [-0.2, 0) is 4.79 Å². The van der Waals surface area contributed by atoms with Crippen LogP contribution in [0, 0.1) is 36.0 Å². The predicted molar refractivity (Wildman–Crippen MR) is 133 cm³/mol. The number of carbonyl (C=O) groups is 1. The first-order valence-corrected chi connectivity index (χ1v) is 12.4. The van der Waals surface area contributed by atoms with Crippen molar-refractivity contribution in [2.75, 3.05) is 13.6 Å². The molecule has 2 aliphatic rings. The number of aromatic nitrogens is 2. The quantitative estimate of drug-likeness (QED) is 0.556. The first kappa shape index (κ1) is 24.8. The third-order valence-electron chi connectivity index (χ3n) is 6.97. The third kappa shape index (κ3) is 6.37. The molecule has 3 rings (SSSR count). The number of nitrogens with one attached hydrogen (secondary N) is 1. The second-order valence-electron chi connectivity index (χ2n) is 9.25. The molecule has 0 radical (unpaired) electrons. The summed E-state index contributed by atoms with van der Waals surface area (Å²) in [6.45, 7) is 4.73. The maximum Gasteiger partial charge on any atom is 0.269 e. The zero-order valence-electron chi connectivity index (χ0n) is 20.3. The maximum atomic E-state index is 12.8. The van der Waals surface area contributed by atoms with E-state index in [-0.39, 0.29) is 11.8 Å². The molecule has 1 aliphatic carbocycles. The van der Waals surface area contributed by atoms with Crippen molar-refractivity contribution in [3.8, 4) is 6.07 Å². The number of unbranched alkanes of at least 4 members (excludes halogenated alkanes) is 1. The van der Waals surface area contributed by atoms with Crippen LogP contribution in [-0.4, -0.2) is 35.2 Å². The molecule has 2 unspecified atom stereocenters. The first-order chi connectivity index (χ1) is 16.1. The summed E-state index contributed by atoms with van der Waals surface area (Å²) in [5, 5.41) is 12.2. The standard InChI is InChI=1S/C27H37N5O/c1-4-5-6-11-23-19(2)31-18-32-25(23)24-17-20(13-15-30-26(24)27(33)29-3)16-22(12-14-28)21-9-7-8-10-21/h6,11,17-18,20-22H,4-5,7-10,12-13,15-16H2,1-3H3,(H,29,33)/b11-6-. The summed E-state index contributed by atoms with van der Waals surface area (Å²) in [6, 6.07) is 2.43. The van der Waals surface area contributed by atoms with Gasteiger partial charge in [0.05, 0.1) is 11.8 Å². The number of aliphatic imine (C=N–C) groups is 1. The van der Waals surface area contributed by atoms with E-state index in [0.29, 0.717) is 30.5 Å². The fourth-order valence-electron chi connectivity index (χ4n) is 5.16. The zero-order valence-corrected chi connectivity index (χ0v) is 20.3. The van der Waals surface area contributed by atoms with Crippen LogP contribution in [0.25, 0.3) is 11.6 Å². The molecule has 1 aromatic rings. The molecule has 1 aromatic heterocycles. The van der Waals surface area contributed by atoms with E-state index in [0.717, 1.165) is 48.2 Å². The van der Waals surface area contributed by atoms with Crippen molar-refractivity contribution in [2.45, 2.75) is 71.6 Å². The first-order valence-electron chi connectivity index (χ1n) is 12.4. The molecule has 1 fully saturated rings. The van der Waals surface area contributed by atoms with E-state index in [4.69, 9.17) is 4.99 Å². The predicted octanol–water partition coefficient (Wildman–Crippen LogP) is 5.30. The van der Waals surface area contributed by atoms with Gasteiger partial charge in [-0.2, -0.15) is 5.26 Å². The van der Waals surface area contributed by atoms with Gasteiger partial charge in [0.25, 0.3) is 5.91 Å². The Bertz CT molecular complexity index is 950. The van der Waals surface area contributed by atoms with Gasteiger partial charge in [-0.15, -0.1) is 0 Å². The van der Waals surface area contributed by atoms with Crippen molar-refractivity contribution in [1.29, 1.82) is 5.26 Å². The molecule has 1 N–H and O–H groups in total. The molecule has 1 saturated carbocycles. The maximum absolute atomic E-state index is 12.8. The molecular formula is C27H37N5O. The molecule has 2 atom stereocenters. The van der Waals surface area contributed by atoms with Crippen LogP contribution >= 0.6 is 0 Å². The summed E-state index contributed by atoms with van der Waals surface area (Å²) in [5.74, 6) is 1.11. The van der Waals surface area contributed by atoms with Crippen molar-refractivity contribution >= 4 is 23.3 Å². The molecule has 6 heteroatoms. The molecule has 6 nitrogen and oxygen atoms in total. The molecule has 33 heavy (non-hydrogen) atoms. The fraction of sp³-hybridized carbons (Fsp3) is 0.593. The van der Waals surface area contributed by atoms with E-state index in [2.05, 4.69) is 46.5 Å². The number of nitrogens with zero attached hydrogens (tertiary/aromatic N) is 4. The number of aryl methyl sites for hydroxylation is 1. The van der Waals surface area contributed by atoms with Crippen molar-refractivity contribution in [1.82, 2.24) is 15.3 Å². The molecule has 1 aliphatic heterocycles. The lowest BCUT2D eigenvalue weighted by atomic mass is 9.80. The van der Waals surface area contributed by atoms with Gasteiger partial charge >= 0.3 is 0 Å². The Balaban J connectivity index is 2.02. The Kier molecular flexibility index (Phi) is 9.35. The van der Waals surface area contributed by atoms with Crippen LogP contribution in [0.3, 0.4) is 0 Å². The zero-order chi connectivity index (χ0) is 23.6. The van der Waals surface area contributed by atoms with Gasteiger partial charge in [0.15, 0.2) is 0 Å². The van der Waals surface area contributed by atoms with Gasteiger partial charge in [-0.1, -0.05) is 57.3 Å². The smallest absolute Gasteiger partial charge is 0.269 e. The minimum Gasteiger partial charge on any atom is -0.354 e. The highest BCUT2D eigenvalue weighted by Crippen LogP contribution is 2.38. The molecule has 1 amide bonds. The Hall–Kier alpha value is -2.81. The monoisotopic (exact) mass is 447 g/mol. The Morgan fingerprint density at radius 3 is 2.79 bits per heavy atom. The topological polar surface area (TPSA) is 91.0 Å². The SMILES string of the molecule is CCC/C=C\c1c(C)ncnc1C1=CC(CC(CC#N)C2CCCC2)CCN=C1C(=O)NC. The highest BCUT2D eigenvalue weighted by atomic mass is 16.1. The van der Waals surface area contributed by atoms with E-state index < -0.39 is 0 Å². The average molecular weight is 448 g/mol. The van der Waals surface area contributed by atoms with Crippen molar-refractivity contribution < 1.29 is 4.79 Å². The normalized spacial score (nSPS) is 20.1.